The maximum Gasteiger partial charge on any atom is 0.309 e. The molecular weight excluding hydrogens is 176 g/mol. The average Bonchev–Trinajstić information content (AvgIpc) is 2.74. The number of hydrogen-bond acceptors (Lipinski definition) is 2. The highest BCUT2D eigenvalue weighted by molar-refractivity contribution is 5.74. The Morgan fingerprint density at radius 1 is 1.43 bits per heavy atom. The van der Waals surface area contributed by atoms with Crippen molar-refractivity contribution in [3.63, 3.8) is 0 Å². The summed E-state index contributed by atoms with van der Waals surface area (Å²) in [6.45, 7) is 4.69. The topological polar surface area (TPSA) is 26.3 Å². The van der Waals surface area contributed by atoms with Crippen LogP contribution < -0.4 is 0 Å². The van der Waals surface area contributed by atoms with Gasteiger partial charge in [-0.15, -0.1) is 0 Å². The maximum absolute atomic E-state index is 11.7. The number of carbonyl (C=O) groups excluding carboxylic acids is 1. The predicted molar refractivity (Wildman–Crippen MR) is 54.6 cm³/mol. The Balaban J connectivity index is 1.84. The van der Waals surface area contributed by atoms with E-state index in [-0.39, 0.29) is 11.9 Å². The fourth-order valence-electron chi connectivity index (χ4n) is 2.41. The molecular formula is C12H18O2. The molecule has 1 saturated carbocycles. The zero-order valence-corrected chi connectivity index (χ0v) is 8.90. The molecule has 2 aliphatic carbocycles. The molecule has 2 rings (SSSR count). The van der Waals surface area contributed by atoms with Crippen molar-refractivity contribution in [2.24, 2.45) is 23.7 Å². The highest BCUT2D eigenvalue weighted by atomic mass is 16.5. The zero-order valence-electron chi connectivity index (χ0n) is 8.90. The Kier molecular flexibility index (Phi) is 2.62. The van der Waals surface area contributed by atoms with Crippen molar-refractivity contribution >= 4 is 5.97 Å². The van der Waals surface area contributed by atoms with Crippen LogP contribution in [0.1, 0.15) is 26.7 Å². The molecule has 2 aliphatic rings. The first-order chi connectivity index (χ1) is 6.66. The molecule has 0 radical (unpaired) electrons. The molecule has 2 nitrogen and oxygen atoms in total. The lowest BCUT2D eigenvalue weighted by molar-refractivity contribution is -0.150. The van der Waals surface area contributed by atoms with Gasteiger partial charge < -0.3 is 4.74 Å². The first-order valence-corrected chi connectivity index (χ1v) is 5.51. The lowest BCUT2D eigenvalue weighted by Gasteiger charge is -2.17. The van der Waals surface area contributed by atoms with Crippen LogP contribution in [-0.2, 0) is 9.53 Å². The lowest BCUT2D eigenvalue weighted by Crippen LogP contribution is -2.23. The van der Waals surface area contributed by atoms with Gasteiger partial charge in [-0.1, -0.05) is 26.0 Å². The summed E-state index contributed by atoms with van der Waals surface area (Å²) in [6.07, 6.45) is 6.62. The molecule has 1 fully saturated rings. The summed E-state index contributed by atoms with van der Waals surface area (Å²) in [6, 6.07) is 0. The van der Waals surface area contributed by atoms with E-state index in [1.165, 1.54) is 6.42 Å². The van der Waals surface area contributed by atoms with E-state index in [1.807, 2.05) is 0 Å². The fraction of sp³-hybridized carbons (Fsp3) is 0.750. The van der Waals surface area contributed by atoms with Crippen molar-refractivity contribution in [2.45, 2.75) is 26.7 Å². The molecule has 2 heteroatoms. The first-order valence-electron chi connectivity index (χ1n) is 5.51. The molecule has 0 spiro atoms. The SMILES string of the molecule is CC(C)COC(=O)C1CC2C=CC1C2. The molecule has 3 unspecified atom stereocenters. The summed E-state index contributed by atoms with van der Waals surface area (Å²) >= 11 is 0. The minimum atomic E-state index is 0.0237. The van der Waals surface area contributed by atoms with E-state index < -0.39 is 0 Å². The molecule has 0 saturated heterocycles. The molecule has 78 valence electrons. The van der Waals surface area contributed by atoms with Crippen LogP contribution in [0.2, 0.25) is 0 Å². The smallest absolute Gasteiger partial charge is 0.309 e. The third-order valence-electron chi connectivity index (χ3n) is 3.14. The third kappa shape index (κ3) is 1.84. The van der Waals surface area contributed by atoms with Crippen LogP contribution >= 0.6 is 0 Å². The molecule has 3 atom stereocenters. The van der Waals surface area contributed by atoms with Crippen LogP contribution in [0, 0.1) is 23.7 Å². The van der Waals surface area contributed by atoms with Crippen LogP contribution in [0.4, 0.5) is 0 Å². The molecule has 0 N–H and O–H groups in total. The van der Waals surface area contributed by atoms with Crippen molar-refractivity contribution in [1.29, 1.82) is 0 Å². The van der Waals surface area contributed by atoms with E-state index in [2.05, 4.69) is 26.0 Å². The Labute approximate surface area is 85.3 Å². The normalized spacial score (nSPS) is 34.1. The second kappa shape index (κ2) is 3.76. The summed E-state index contributed by atoms with van der Waals surface area (Å²) < 4.78 is 5.27. The minimum absolute atomic E-state index is 0.0237. The van der Waals surface area contributed by atoms with E-state index in [0.717, 1.165) is 6.42 Å². The van der Waals surface area contributed by atoms with Gasteiger partial charge in [-0.3, -0.25) is 4.79 Å². The molecule has 0 amide bonds. The summed E-state index contributed by atoms with van der Waals surface area (Å²) in [5.41, 5.74) is 0. The summed E-state index contributed by atoms with van der Waals surface area (Å²) in [5.74, 6) is 1.74. The number of rotatable bonds is 3. The van der Waals surface area contributed by atoms with E-state index in [9.17, 15) is 4.79 Å². The van der Waals surface area contributed by atoms with Gasteiger partial charge in [0.15, 0.2) is 0 Å². The number of fused-ring (bicyclic) bond motifs is 2. The van der Waals surface area contributed by atoms with Gasteiger partial charge in [0.1, 0.15) is 0 Å². The van der Waals surface area contributed by atoms with Crippen LogP contribution in [0.15, 0.2) is 12.2 Å². The van der Waals surface area contributed by atoms with Gasteiger partial charge in [0.05, 0.1) is 12.5 Å². The number of ether oxygens (including phenoxy) is 1. The van der Waals surface area contributed by atoms with Crippen molar-refractivity contribution in [3.8, 4) is 0 Å². The van der Waals surface area contributed by atoms with Gasteiger partial charge in [-0.05, 0) is 30.6 Å². The molecule has 0 aromatic heterocycles. The quantitative estimate of drug-likeness (QED) is 0.509. The van der Waals surface area contributed by atoms with Crippen molar-refractivity contribution in [3.05, 3.63) is 12.2 Å². The molecule has 0 aromatic carbocycles. The van der Waals surface area contributed by atoms with Crippen molar-refractivity contribution < 1.29 is 9.53 Å². The Bertz CT molecular complexity index is 255. The van der Waals surface area contributed by atoms with Crippen LogP contribution in [0.3, 0.4) is 0 Å². The summed E-state index contributed by atoms with van der Waals surface area (Å²) in [5, 5.41) is 0. The monoisotopic (exact) mass is 194 g/mol. The number of hydrogen-bond donors (Lipinski definition) is 0. The minimum Gasteiger partial charge on any atom is -0.465 e. The Morgan fingerprint density at radius 3 is 2.71 bits per heavy atom. The van der Waals surface area contributed by atoms with Gasteiger partial charge in [-0.2, -0.15) is 0 Å². The number of carbonyl (C=O) groups is 1. The van der Waals surface area contributed by atoms with Gasteiger partial charge >= 0.3 is 5.97 Å². The Morgan fingerprint density at radius 2 is 2.21 bits per heavy atom. The lowest BCUT2D eigenvalue weighted by atomic mass is 9.94. The second-order valence-electron chi connectivity index (χ2n) is 4.91. The van der Waals surface area contributed by atoms with Gasteiger partial charge in [0.2, 0.25) is 0 Å². The maximum atomic E-state index is 11.7. The van der Waals surface area contributed by atoms with Gasteiger partial charge in [0, 0.05) is 0 Å². The van der Waals surface area contributed by atoms with Crippen LogP contribution in [0.25, 0.3) is 0 Å². The highest BCUT2D eigenvalue weighted by Crippen LogP contribution is 2.43. The van der Waals surface area contributed by atoms with E-state index in [4.69, 9.17) is 4.74 Å². The summed E-state index contributed by atoms with van der Waals surface area (Å²) in [4.78, 5) is 11.7. The van der Waals surface area contributed by atoms with Crippen molar-refractivity contribution in [2.75, 3.05) is 6.61 Å². The van der Waals surface area contributed by atoms with Gasteiger partial charge in [0.25, 0.3) is 0 Å². The molecule has 2 bridgehead atoms. The number of esters is 1. The van der Waals surface area contributed by atoms with Crippen molar-refractivity contribution in [1.82, 2.24) is 0 Å². The molecule has 0 heterocycles. The number of allylic oxidation sites excluding steroid dienone is 2. The van der Waals surface area contributed by atoms with E-state index in [1.54, 1.807) is 0 Å². The predicted octanol–water partition coefficient (Wildman–Crippen LogP) is 2.40. The summed E-state index contributed by atoms with van der Waals surface area (Å²) in [7, 11) is 0. The molecule has 14 heavy (non-hydrogen) atoms. The Hall–Kier alpha value is -0.790. The standard InChI is InChI=1S/C12H18O2/c1-8(2)7-14-12(13)11-6-9-3-4-10(11)5-9/h3-4,8-11H,5-7H2,1-2H3. The highest BCUT2D eigenvalue weighted by Gasteiger charge is 2.40. The van der Waals surface area contributed by atoms with E-state index in [0.29, 0.717) is 24.4 Å². The second-order valence-corrected chi connectivity index (χ2v) is 4.91. The van der Waals surface area contributed by atoms with E-state index >= 15 is 0 Å². The fourth-order valence-corrected chi connectivity index (χ4v) is 2.41. The average molecular weight is 194 g/mol. The van der Waals surface area contributed by atoms with Gasteiger partial charge in [-0.25, -0.2) is 0 Å². The van der Waals surface area contributed by atoms with Crippen LogP contribution in [0.5, 0.6) is 0 Å². The third-order valence-corrected chi connectivity index (χ3v) is 3.14. The first kappa shape index (κ1) is 9.75. The molecule has 0 aromatic rings. The van der Waals surface area contributed by atoms with Crippen LogP contribution in [-0.4, -0.2) is 12.6 Å². The molecule has 0 aliphatic heterocycles. The zero-order chi connectivity index (χ0) is 10.1. The largest absolute Gasteiger partial charge is 0.465 e.